The van der Waals surface area contributed by atoms with Crippen molar-refractivity contribution in [2.45, 2.75) is 51.0 Å². The summed E-state index contributed by atoms with van der Waals surface area (Å²) < 4.78 is 0. The molecule has 0 spiro atoms. The Morgan fingerprint density at radius 1 is 1.14 bits per heavy atom. The molecule has 6 unspecified atom stereocenters. The molecule has 1 aromatic carbocycles. The molecule has 1 aromatic rings. The number of benzene rings is 1. The van der Waals surface area contributed by atoms with Crippen LogP contribution in [0.25, 0.3) is 0 Å². The summed E-state index contributed by atoms with van der Waals surface area (Å²) in [6.07, 6.45) is 6.62. The Balaban J connectivity index is 1.33. The van der Waals surface area contributed by atoms with Gasteiger partial charge in [0.15, 0.2) is 0 Å². The van der Waals surface area contributed by atoms with Gasteiger partial charge in [0.25, 0.3) is 0 Å². The summed E-state index contributed by atoms with van der Waals surface area (Å²) in [5.41, 5.74) is 1.32. The van der Waals surface area contributed by atoms with Crippen molar-refractivity contribution in [2.24, 2.45) is 23.7 Å². The Hall–Kier alpha value is -1.31. The smallest absolute Gasteiger partial charge is 0.223 e. The molecule has 2 bridgehead atoms. The SMILES string of the molecule is CC(NC(=O)C1CC1c1ccccc1)C1CC2CCC1C2. The molecule has 2 heteroatoms. The zero-order valence-electron chi connectivity index (χ0n) is 12.8. The van der Waals surface area contributed by atoms with E-state index in [2.05, 4.69) is 36.5 Å². The molecule has 112 valence electrons. The molecule has 1 N–H and O–H groups in total. The highest BCUT2D eigenvalue weighted by molar-refractivity contribution is 5.83. The monoisotopic (exact) mass is 283 g/mol. The summed E-state index contributed by atoms with van der Waals surface area (Å²) in [5.74, 6) is 3.54. The van der Waals surface area contributed by atoms with Gasteiger partial charge in [-0.1, -0.05) is 36.8 Å². The van der Waals surface area contributed by atoms with Crippen LogP contribution in [0, 0.1) is 23.7 Å². The predicted molar refractivity (Wildman–Crippen MR) is 83.8 cm³/mol. The number of hydrogen-bond acceptors (Lipinski definition) is 1. The van der Waals surface area contributed by atoms with Gasteiger partial charge < -0.3 is 5.32 Å². The van der Waals surface area contributed by atoms with Gasteiger partial charge >= 0.3 is 0 Å². The van der Waals surface area contributed by atoms with Crippen molar-refractivity contribution in [2.75, 3.05) is 0 Å². The molecule has 3 saturated carbocycles. The average molecular weight is 283 g/mol. The molecule has 0 aromatic heterocycles. The molecule has 0 saturated heterocycles. The lowest BCUT2D eigenvalue weighted by atomic mass is 9.84. The first kappa shape index (κ1) is 13.4. The minimum absolute atomic E-state index is 0.216. The minimum Gasteiger partial charge on any atom is -0.353 e. The molecular formula is C19H25NO. The Labute approximate surface area is 127 Å². The fourth-order valence-corrected chi connectivity index (χ4v) is 4.90. The van der Waals surface area contributed by atoms with Crippen LogP contribution in [0.2, 0.25) is 0 Å². The van der Waals surface area contributed by atoms with Crippen LogP contribution in [0.4, 0.5) is 0 Å². The van der Waals surface area contributed by atoms with Gasteiger partial charge in [-0.2, -0.15) is 0 Å². The normalized spacial score (nSPS) is 38.2. The first-order valence-corrected chi connectivity index (χ1v) is 8.57. The zero-order chi connectivity index (χ0) is 14.4. The van der Waals surface area contributed by atoms with Crippen LogP contribution in [-0.4, -0.2) is 11.9 Å². The largest absolute Gasteiger partial charge is 0.353 e. The molecule has 0 radical (unpaired) electrons. The van der Waals surface area contributed by atoms with Gasteiger partial charge in [-0.3, -0.25) is 4.79 Å². The molecule has 3 aliphatic carbocycles. The summed E-state index contributed by atoms with van der Waals surface area (Å²) in [6, 6.07) is 10.8. The number of hydrogen-bond donors (Lipinski definition) is 1. The maximum atomic E-state index is 12.5. The van der Waals surface area contributed by atoms with Crippen molar-refractivity contribution >= 4 is 5.91 Å². The molecule has 1 amide bonds. The van der Waals surface area contributed by atoms with Gasteiger partial charge in [-0.05, 0) is 61.8 Å². The van der Waals surface area contributed by atoms with E-state index in [1.165, 1.54) is 31.2 Å². The summed E-state index contributed by atoms with van der Waals surface area (Å²) in [6.45, 7) is 2.23. The van der Waals surface area contributed by atoms with E-state index in [1.807, 2.05) is 6.07 Å². The van der Waals surface area contributed by atoms with Crippen molar-refractivity contribution in [3.63, 3.8) is 0 Å². The number of amides is 1. The van der Waals surface area contributed by atoms with Crippen molar-refractivity contribution in [3.05, 3.63) is 35.9 Å². The first-order chi connectivity index (χ1) is 10.2. The van der Waals surface area contributed by atoms with Gasteiger partial charge in [-0.25, -0.2) is 0 Å². The predicted octanol–water partition coefficient (Wildman–Crippen LogP) is 3.73. The van der Waals surface area contributed by atoms with E-state index in [4.69, 9.17) is 0 Å². The van der Waals surface area contributed by atoms with Crippen LogP contribution >= 0.6 is 0 Å². The fourth-order valence-electron chi connectivity index (χ4n) is 4.90. The lowest BCUT2D eigenvalue weighted by molar-refractivity contribution is -0.123. The van der Waals surface area contributed by atoms with Crippen molar-refractivity contribution in [1.29, 1.82) is 0 Å². The Kier molecular flexibility index (Phi) is 3.28. The quantitative estimate of drug-likeness (QED) is 0.896. The van der Waals surface area contributed by atoms with Crippen LogP contribution in [0.5, 0.6) is 0 Å². The number of carbonyl (C=O) groups is 1. The fraction of sp³-hybridized carbons (Fsp3) is 0.632. The second-order valence-corrected chi connectivity index (χ2v) is 7.50. The molecule has 3 fully saturated rings. The molecule has 6 atom stereocenters. The second-order valence-electron chi connectivity index (χ2n) is 7.50. The molecule has 21 heavy (non-hydrogen) atoms. The van der Waals surface area contributed by atoms with Crippen LogP contribution in [0.15, 0.2) is 30.3 Å². The molecule has 4 rings (SSSR count). The topological polar surface area (TPSA) is 29.1 Å². The summed E-state index contributed by atoms with van der Waals surface area (Å²) in [7, 11) is 0. The van der Waals surface area contributed by atoms with Gasteiger partial charge in [-0.15, -0.1) is 0 Å². The molecule has 2 nitrogen and oxygen atoms in total. The highest BCUT2D eigenvalue weighted by Crippen LogP contribution is 2.50. The second kappa shape index (κ2) is 5.15. The number of nitrogens with one attached hydrogen (secondary N) is 1. The zero-order valence-corrected chi connectivity index (χ0v) is 12.8. The average Bonchev–Trinajstić information content (AvgIpc) is 3.03. The Morgan fingerprint density at radius 3 is 2.62 bits per heavy atom. The van der Waals surface area contributed by atoms with E-state index in [-0.39, 0.29) is 5.92 Å². The highest BCUT2D eigenvalue weighted by atomic mass is 16.2. The van der Waals surface area contributed by atoms with Crippen molar-refractivity contribution < 1.29 is 4.79 Å². The van der Waals surface area contributed by atoms with E-state index in [0.29, 0.717) is 17.9 Å². The van der Waals surface area contributed by atoms with Gasteiger partial charge in [0, 0.05) is 12.0 Å². The van der Waals surface area contributed by atoms with Crippen molar-refractivity contribution in [1.82, 2.24) is 5.32 Å². The standard InChI is InChI=1S/C19H25NO/c1-12(16-10-13-7-8-15(16)9-13)20-19(21)18-11-17(18)14-5-3-2-4-6-14/h2-6,12-13,15-18H,7-11H2,1H3,(H,20,21). The lowest BCUT2D eigenvalue weighted by Crippen LogP contribution is -2.41. The third kappa shape index (κ3) is 2.49. The number of carbonyl (C=O) groups excluding carboxylic acids is 1. The van der Waals surface area contributed by atoms with Crippen LogP contribution in [0.1, 0.15) is 50.5 Å². The van der Waals surface area contributed by atoms with E-state index >= 15 is 0 Å². The Bertz CT molecular complexity index is 526. The number of rotatable bonds is 4. The summed E-state index contributed by atoms with van der Waals surface area (Å²) in [5, 5.41) is 3.33. The van der Waals surface area contributed by atoms with Crippen molar-refractivity contribution in [3.8, 4) is 0 Å². The van der Waals surface area contributed by atoms with E-state index < -0.39 is 0 Å². The van der Waals surface area contributed by atoms with Crippen LogP contribution < -0.4 is 5.32 Å². The maximum Gasteiger partial charge on any atom is 0.223 e. The maximum absolute atomic E-state index is 12.5. The first-order valence-electron chi connectivity index (χ1n) is 8.57. The van der Waals surface area contributed by atoms with Crippen LogP contribution in [0.3, 0.4) is 0 Å². The molecule has 0 heterocycles. The van der Waals surface area contributed by atoms with E-state index in [9.17, 15) is 4.79 Å². The summed E-state index contributed by atoms with van der Waals surface area (Å²) >= 11 is 0. The number of fused-ring (bicyclic) bond motifs is 2. The third-order valence-electron chi connectivity index (χ3n) is 6.16. The molecule has 0 aliphatic heterocycles. The van der Waals surface area contributed by atoms with E-state index in [1.54, 1.807) is 0 Å². The third-order valence-corrected chi connectivity index (χ3v) is 6.16. The Morgan fingerprint density at radius 2 is 1.95 bits per heavy atom. The minimum atomic E-state index is 0.216. The van der Waals surface area contributed by atoms with Gasteiger partial charge in [0.1, 0.15) is 0 Å². The molecule has 3 aliphatic rings. The van der Waals surface area contributed by atoms with Gasteiger partial charge in [0.05, 0.1) is 0 Å². The van der Waals surface area contributed by atoms with E-state index in [0.717, 1.165) is 24.2 Å². The lowest BCUT2D eigenvalue weighted by Gasteiger charge is -2.28. The highest BCUT2D eigenvalue weighted by Gasteiger charge is 2.46. The van der Waals surface area contributed by atoms with Gasteiger partial charge in [0.2, 0.25) is 5.91 Å². The van der Waals surface area contributed by atoms with Crippen LogP contribution in [-0.2, 0) is 4.79 Å². The summed E-state index contributed by atoms with van der Waals surface area (Å²) in [4.78, 5) is 12.5. The molecular weight excluding hydrogens is 258 g/mol.